The minimum absolute atomic E-state index is 0.0878. The molecule has 1 aliphatic heterocycles. The smallest absolute Gasteiger partial charge is 0.239 e. The first-order valence-corrected chi connectivity index (χ1v) is 6.34. The van der Waals surface area contributed by atoms with Gasteiger partial charge in [-0.05, 0) is 25.2 Å². The van der Waals surface area contributed by atoms with E-state index in [9.17, 15) is 4.79 Å². The Morgan fingerprint density at radius 2 is 2.12 bits per heavy atom. The van der Waals surface area contributed by atoms with Crippen LogP contribution in [0.15, 0.2) is 0 Å². The van der Waals surface area contributed by atoms with Gasteiger partial charge in [-0.3, -0.25) is 4.79 Å². The van der Waals surface area contributed by atoms with Crippen molar-refractivity contribution in [2.45, 2.75) is 45.1 Å². The van der Waals surface area contributed by atoms with E-state index < -0.39 is 0 Å². The van der Waals surface area contributed by atoms with E-state index in [0.717, 1.165) is 45.2 Å². The van der Waals surface area contributed by atoms with Crippen LogP contribution in [0, 0.1) is 5.92 Å². The first-order valence-electron chi connectivity index (χ1n) is 6.34. The molecule has 4 nitrogen and oxygen atoms in total. The van der Waals surface area contributed by atoms with Crippen LogP contribution >= 0.6 is 0 Å². The molecule has 1 saturated heterocycles. The lowest BCUT2D eigenvalue weighted by molar-refractivity contribution is -0.134. The molecule has 94 valence electrons. The average molecular weight is 228 g/mol. The minimum Gasteiger partial charge on any atom is -0.396 e. The van der Waals surface area contributed by atoms with Gasteiger partial charge in [-0.1, -0.05) is 19.8 Å². The van der Waals surface area contributed by atoms with Crippen LogP contribution in [-0.4, -0.2) is 41.7 Å². The van der Waals surface area contributed by atoms with Crippen LogP contribution in [0.2, 0.25) is 0 Å². The van der Waals surface area contributed by atoms with Crippen molar-refractivity contribution in [3.05, 3.63) is 0 Å². The third kappa shape index (κ3) is 3.76. The summed E-state index contributed by atoms with van der Waals surface area (Å²) in [5.41, 5.74) is 5.86. The Hall–Kier alpha value is -0.610. The number of carbonyl (C=O) groups is 1. The molecular formula is C12H24N2O2. The lowest BCUT2D eigenvalue weighted by Crippen LogP contribution is -2.47. The van der Waals surface area contributed by atoms with Gasteiger partial charge in [-0.15, -0.1) is 0 Å². The third-order valence-corrected chi connectivity index (χ3v) is 3.37. The van der Waals surface area contributed by atoms with Gasteiger partial charge in [0.05, 0.1) is 6.04 Å². The Kier molecular flexibility index (Phi) is 5.77. The fraction of sp³-hybridized carbons (Fsp3) is 0.917. The molecule has 0 aromatic heterocycles. The number of unbranched alkanes of at least 4 members (excludes halogenated alkanes) is 1. The number of carbonyl (C=O) groups excluding carboxylic acids is 1. The number of hydrogen-bond acceptors (Lipinski definition) is 3. The number of rotatable bonds is 5. The van der Waals surface area contributed by atoms with E-state index in [0.29, 0.717) is 5.92 Å². The van der Waals surface area contributed by atoms with Crippen molar-refractivity contribution >= 4 is 5.91 Å². The summed E-state index contributed by atoms with van der Waals surface area (Å²) in [4.78, 5) is 13.8. The molecule has 16 heavy (non-hydrogen) atoms. The molecular weight excluding hydrogens is 204 g/mol. The highest BCUT2D eigenvalue weighted by atomic mass is 16.3. The molecule has 1 aliphatic rings. The summed E-state index contributed by atoms with van der Waals surface area (Å²) in [6.07, 6.45) is 4.69. The van der Waals surface area contributed by atoms with Crippen LogP contribution in [0.25, 0.3) is 0 Å². The van der Waals surface area contributed by atoms with Crippen molar-refractivity contribution < 1.29 is 9.90 Å². The molecule has 3 N–H and O–H groups in total. The normalized spacial score (nSPS) is 19.8. The van der Waals surface area contributed by atoms with Gasteiger partial charge in [0, 0.05) is 19.7 Å². The van der Waals surface area contributed by atoms with Crippen LogP contribution in [0.4, 0.5) is 0 Å². The maximum absolute atomic E-state index is 11.9. The summed E-state index contributed by atoms with van der Waals surface area (Å²) in [5.74, 6) is 0.459. The molecule has 1 rings (SSSR count). The van der Waals surface area contributed by atoms with Gasteiger partial charge >= 0.3 is 0 Å². The summed E-state index contributed by atoms with van der Waals surface area (Å²) >= 11 is 0. The van der Waals surface area contributed by atoms with Crippen molar-refractivity contribution in [3.63, 3.8) is 0 Å². The quantitative estimate of drug-likeness (QED) is 0.729. The molecule has 1 atom stereocenters. The molecule has 0 aromatic rings. The molecule has 1 unspecified atom stereocenters. The maximum Gasteiger partial charge on any atom is 0.239 e. The summed E-state index contributed by atoms with van der Waals surface area (Å²) < 4.78 is 0. The zero-order valence-electron chi connectivity index (χ0n) is 10.2. The minimum atomic E-state index is -0.328. The maximum atomic E-state index is 11.9. The highest BCUT2D eigenvalue weighted by Gasteiger charge is 2.25. The number of aliphatic hydroxyl groups excluding tert-OH is 1. The third-order valence-electron chi connectivity index (χ3n) is 3.37. The van der Waals surface area contributed by atoms with Gasteiger partial charge < -0.3 is 15.7 Å². The predicted molar refractivity (Wildman–Crippen MR) is 63.9 cm³/mol. The van der Waals surface area contributed by atoms with Crippen molar-refractivity contribution in [3.8, 4) is 0 Å². The van der Waals surface area contributed by atoms with Crippen molar-refractivity contribution in [1.82, 2.24) is 4.90 Å². The lowest BCUT2D eigenvalue weighted by Gasteiger charge is -2.32. The number of hydrogen-bond donors (Lipinski definition) is 2. The fourth-order valence-corrected chi connectivity index (χ4v) is 2.12. The SMILES string of the molecule is CCCCC(N)C(=O)N1CCC(CO)CC1. The number of likely N-dealkylation sites (tertiary alicyclic amines) is 1. The summed E-state index contributed by atoms with van der Waals surface area (Å²) in [7, 11) is 0. The summed E-state index contributed by atoms with van der Waals surface area (Å²) in [6, 6.07) is -0.328. The topological polar surface area (TPSA) is 66.6 Å². The number of nitrogens with two attached hydrogens (primary N) is 1. The predicted octanol–water partition coefficient (Wildman–Crippen LogP) is 0.735. The second-order valence-electron chi connectivity index (χ2n) is 4.70. The molecule has 0 aromatic carbocycles. The monoisotopic (exact) mass is 228 g/mol. The summed E-state index contributed by atoms with van der Waals surface area (Å²) in [5, 5.41) is 9.01. The molecule has 1 fully saturated rings. The number of amides is 1. The van der Waals surface area contributed by atoms with Crippen LogP contribution < -0.4 is 5.73 Å². The number of nitrogens with zero attached hydrogens (tertiary/aromatic N) is 1. The molecule has 1 heterocycles. The van der Waals surface area contributed by atoms with Crippen LogP contribution in [-0.2, 0) is 4.79 Å². The highest BCUT2D eigenvalue weighted by Crippen LogP contribution is 2.17. The Morgan fingerprint density at radius 3 is 2.62 bits per heavy atom. The van der Waals surface area contributed by atoms with Gasteiger partial charge in [0.15, 0.2) is 0 Å². The van der Waals surface area contributed by atoms with Crippen LogP contribution in [0.5, 0.6) is 0 Å². The molecule has 0 aliphatic carbocycles. The molecule has 0 spiro atoms. The lowest BCUT2D eigenvalue weighted by atomic mass is 9.97. The molecule has 0 saturated carbocycles. The highest BCUT2D eigenvalue weighted by molar-refractivity contribution is 5.81. The van der Waals surface area contributed by atoms with Gasteiger partial charge in [0.1, 0.15) is 0 Å². The van der Waals surface area contributed by atoms with Gasteiger partial charge in [0.25, 0.3) is 0 Å². The van der Waals surface area contributed by atoms with Crippen molar-refractivity contribution in [2.24, 2.45) is 11.7 Å². The fourth-order valence-electron chi connectivity index (χ4n) is 2.12. The zero-order valence-corrected chi connectivity index (χ0v) is 10.2. The number of aliphatic hydroxyl groups is 1. The second-order valence-corrected chi connectivity index (χ2v) is 4.70. The largest absolute Gasteiger partial charge is 0.396 e. The van der Waals surface area contributed by atoms with Crippen LogP contribution in [0.1, 0.15) is 39.0 Å². The van der Waals surface area contributed by atoms with E-state index in [1.165, 1.54) is 0 Å². The Labute approximate surface area is 97.8 Å². The van der Waals surface area contributed by atoms with Crippen molar-refractivity contribution in [1.29, 1.82) is 0 Å². The molecule has 0 bridgehead atoms. The van der Waals surface area contributed by atoms with E-state index in [1.54, 1.807) is 0 Å². The van der Waals surface area contributed by atoms with Crippen LogP contribution in [0.3, 0.4) is 0 Å². The van der Waals surface area contributed by atoms with E-state index in [1.807, 2.05) is 4.90 Å². The van der Waals surface area contributed by atoms with E-state index in [4.69, 9.17) is 10.8 Å². The Morgan fingerprint density at radius 1 is 1.50 bits per heavy atom. The average Bonchev–Trinajstić information content (AvgIpc) is 2.35. The molecule has 1 amide bonds. The van der Waals surface area contributed by atoms with E-state index in [-0.39, 0.29) is 18.6 Å². The summed E-state index contributed by atoms with van der Waals surface area (Å²) in [6.45, 7) is 3.85. The van der Waals surface area contributed by atoms with Gasteiger partial charge in [-0.25, -0.2) is 0 Å². The first-order chi connectivity index (χ1) is 7.69. The Balaban J connectivity index is 2.32. The Bertz CT molecular complexity index is 213. The van der Waals surface area contributed by atoms with Crippen molar-refractivity contribution in [2.75, 3.05) is 19.7 Å². The standard InChI is InChI=1S/C12H24N2O2/c1-2-3-4-11(13)12(16)14-7-5-10(9-15)6-8-14/h10-11,15H,2-9,13H2,1H3. The second kappa shape index (κ2) is 6.86. The van der Waals surface area contributed by atoms with Gasteiger partial charge in [-0.2, -0.15) is 0 Å². The van der Waals surface area contributed by atoms with E-state index >= 15 is 0 Å². The molecule has 4 heteroatoms. The first kappa shape index (κ1) is 13.5. The van der Waals surface area contributed by atoms with E-state index in [2.05, 4.69) is 6.92 Å². The number of piperidine rings is 1. The van der Waals surface area contributed by atoms with Gasteiger partial charge in [0.2, 0.25) is 5.91 Å². The molecule has 0 radical (unpaired) electrons. The zero-order chi connectivity index (χ0) is 12.0.